The van der Waals surface area contributed by atoms with Crippen LogP contribution >= 0.6 is 11.8 Å². The van der Waals surface area contributed by atoms with Gasteiger partial charge in [-0.1, -0.05) is 47.3 Å². The molecule has 0 radical (unpaired) electrons. The van der Waals surface area contributed by atoms with E-state index in [1.807, 2.05) is 37.3 Å². The second kappa shape index (κ2) is 7.06. The molecule has 0 amide bonds. The van der Waals surface area contributed by atoms with Crippen LogP contribution in [0.1, 0.15) is 24.4 Å². The standard InChI is InChI=1S/C13H14N2O4S/c1-2-18-11(9-6-4-3-5-7-9)12-14-13(19-15-12)20-8-10(16)17/h3-7,11H,2,8H2,1H3,(H,16,17). The van der Waals surface area contributed by atoms with E-state index in [1.165, 1.54) is 0 Å². The fourth-order valence-electron chi connectivity index (χ4n) is 1.62. The molecule has 1 heterocycles. The first-order chi connectivity index (χ1) is 9.70. The van der Waals surface area contributed by atoms with Gasteiger partial charge in [-0.25, -0.2) is 0 Å². The number of carbonyl (C=O) groups is 1. The van der Waals surface area contributed by atoms with E-state index in [9.17, 15) is 4.79 Å². The van der Waals surface area contributed by atoms with E-state index in [0.29, 0.717) is 12.4 Å². The Balaban J connectivity index is 2.16. The number of hydrogen-bond donors (Lipinski definition) is 1. The minimum absolute atomic E-state index is 0.119. The second-order valence-electron chi connectivity index (χ2n) is 3.85. The van der Waals surface area contributed by atoms with Crippen molar-refractivity contribution < 1.29 is 19.2 Å². The molecular formula is C13H14N2O4S. The molecule has 1 unspecified atom stereocenters. The van der Waals surface area contributed by atoms with Gasteiger partial charge in [0, 0.05) is 6.61 Å². The molecule has 0 fully saturated rings. The van der Waals surface area contributed by atoms with E-state index in [-0.39, 0.29) is 11.0 Å². The molecule has 6 nitrogen and oxygen atoms in total. The summed E-state index contributed by atoms with van der Waals surface area (Å²) in [5, 5.41) is 12.7. The van der Waals surface area contributed by atoms with Crippen LogP contribution in [-0.4, -0.2) is 33.6 Å². The zero-order chi connectivity index (χ0) is 14.4. The number of aromatic nitrogens is 2. The molecule has 7 heteroatoms. The molecule has 2 aromatic rings. The second-order valence-corrected chi connectivity index (χ2v) is 4.77. The number of carboxylic acid groups (broad SMARTS) is 1. The highest BCUT2D eigenvalue weighted by atomic mass is 32.2. The topological polar surface area (TPSA) is 85.5 Å². The maximum atomic E-state index is 10.5. The zero-order valence-corrected chi connectivity index (χ0v) is 11.7. The van der Waals surface area contributed by atoms with E-state index in [4.69, 9.17) is 14.4 Å². The summed E-state index contributed by atoms with van der Waals surface area (Å²) in [5.41, 5.74) is 0.921. The molecular weight excluding hydrogens is 280 g/mol. The first-order valence-corrected chi connectivity index (χ1v) is 7.04. The predicted molar refractivity (Wildman–Crippen MR) is 72.6 cm³/mol. The molecule has 0 aliphatic rings. The molecule has 1 atom stereocenters. The largest absolute Gasteiger partial charge is 0.481 e. The Morgan fingerprint density at radius 3 is 2.85 bits per heavy atom. The summed E-state index contributed by atoms with van der Waals surface area (Å²) < 4.78 is 10.7. The van der Waals surface area contributed by atoms with Crippen molar-refractivity contribution in [3.8, 4) is 0 Å². The minimum Gasteiger partial charge on any atom is -0.481 e. The summed E-state index contributed by atoms with van der Waals surface area (Å²) >= 11 is 0.985. The van der Waals surface area contributed by atoms with Gasteiger partial charge in [-0.2, -0.15) is 4.98 Å². The smallest absolute Gasteiger partial charge is 0.314 e. The number of hydrogen-bond acceptors (Lipinski definition) is 6. The summed E-state index contributed by atoms with van der Waals surface area (Å²) in [6.07, 6.45) is -0.413. The highest BCUT2D eigenvalue weighted by Gasteiger charge is 2.21. The maximum Gasteiger partial charge on any atom is 0.314 e. The van der Waals surface area contributed by atoms with E-state index >= 15 is 0 Å². The summed E-state index contributed by atoms with van der Waals surface area (Å²) in [6, 6.07) is 9.56. The Morgan fingerprint density at radius 1 is 1.45 bits per heavy atom. The quantitative estimate of drug-likeness (QED) is 0.784. The Bertz CT molecular complexity index is 559. The summed E-state index contributed by atoms with van der Waals surface area (Å²) in [4.78, 5) is 14.7. The van der Waals surface area contributed by atoms with Gasteiger partial charge in [-0.15, -0.1) is 0 Å². The van der Waals surface area contributed by atoms with Gasteiger partial charge in [0.05, 0.1) is 0 Å². The lowest BCUT2D eigenvalue weighted by atomic mass is 10.1. The molecule has 20 heavy (non-hydrogen) atoms. The van der Waals surface area contributed by atoms with E-state index in [1.54, 1.807) is 0 Å². The Labute approximate surface area is 120 Å². The van der Waals surface area contributed by atoms with Crippen molar-refractivity contribution >= 4 is 17.7 Å². The zero-order valence-electron chi connectivity index (χ0n) is 10.9. The van der Waals surface area contributed by atoms with Crippen LogP contribution in [-0.2, 0) is 9.53 Å². The number of nitrogens with zero attached hydrogens (tertiary/aromatic N) is 2. The molecule has 0 spiro atoms. The fraction of sp³-hybridized carbons (Fsp3) is 0.308. The number of carboxylic acids is 1. The van der Waals surface area contributed by atoms with Crippen molar-refractivity contribution in [2.45, 2.75) is 18.3 Å². The van der Waals surface area contributed by atoms with Crippen LogP contribution < -0.4 is 0 Å². The van der Waals surface area contributed by atoms with Gasteiger partial charge in [0.1, 0.15) is 11.9 Å². The van der Waals surface area contributed by atoms with Crippen molar-refractivity contribution in [1.82, 2.24) is 10.1 Å². The van der Waals surface area contributed by atoms with Gasteiger partial charge in [0.2, 0.25) is 5.82 Å². The van der Waals surface area contributed by atoms with Crippen LogP contribution in [0.2, 0.25) is 0 Å². The van der Waals surface area contributed by atoms with Crippen LogP contribution in [0, 0.1) is 0 Å². The van der Waals surface area contributed by atoms with E-state index < -0.39 is 12.1 Å². The predicted octanol–water partition coefficient (Wildman–Crippen LogP) is 2.37. The maximum absolute atomic E-state index is 10.5. The highest BCUT2D eigenvalue weighted by Crippen LogP contribution is 2.25. The number of ether oxygens (including phenoxy) is 1. The number of thioether (sulfide) groups is 1. The third-order valence-electron chi connectivity index (χ3n) is 2.41. The van der Waals surface area contributed by atoms with Crippen molar-refractivity contribution in [2.75, 3.05) is 12.4 Å². The summed E-state index contributed by atoms with van der Waals surface area (Å²) in [7, 11) is 0. The van der Waals surface area contributed by atoms with Crippen molar-refractivity contribution in [2.24, 2.45) is 0 Å². The van der Waals surface area contributed by atoms with Gasteiger partial charge in [0.15, 0.2) is 0 Å². The molecule has 0 saturated heterocycles. The van der Waals surface area contributed by atoms with Crippen LogP contribution in [0.15, 0.2) is 40.1 Å². The lowest BCUT2D eigenvalue weighted by Crippen LogP contribution is -2.08. The van der Waals surface area contributed by atoms with Gasteiger partial charge >= 0.3 is 5.97 Å². The lowest BCUT2D eigenvalue weighted by Gasteiger charge is -2.13. The molecule has 1 aromatic carbocycles. The Morgan fingerprint density at radius 2 is 2.20 bits per heavy atom. The average Bonchev–Trinajstić information content (AvgIpc) is 2.92. The normalized spacial score (nSPS) is 12.2. The van der Waals surface area contributed by atoms with Crippen molar-refractivity contribution in [3.05, 3.63) is 41.7 Å². The lowest BCUT2D eigenvalue weighted by molar-refractivity contribution is -0.133. The van der Waals surface area contributed by atoms with Crippen LogP contribution in [0.4, 0.5) is 0 Å². The number of benzene rings is 1. The minimum atomic E-state index is -0.931. The molecule has 1 N–H and O–H groups in total. The molecule has 1 aromatic heterocycles. The SMILES string of the molecule is CCOC(c1ccccc1)c1noc(SCC(=O)O)n1. The van der Waals surface area contributed by atoms with Gasteiger partial charge in [-0.05, 0) is 12.5 Å². The first-order valence-electron chi connectivity index (χ1n) is 6.05. The van der Waals surface area contributed by atoms with E-state index in [2.05, 4.69) is 10.1 Å². The molecule has 0 aliphatic carbocycles. The Kier molecular flexibility index (Phi) is 5.14. The van der Waals surface area contributed by atoms with Crippen LogP contribution in [0.25, 0.3) is 0 Å². The number of aliphatic carboxylic acids is 1. The first kappa shape index (κ1) is 14.5. The van der Waals surface area contributed by atoms with Gasteiger partial charge in [-0.3, -0.25) is 4.79 Å². The number of rotatable bonds is 7. The highest BCUT2D eigenvalue weighted by molar-refractivity contribution is 7.99. The molecule has 0 bridgehead atoms. The molecule has 0 saturated carbocycles. The van der Waals surface area contributed by atoms with E-state index in [0.717, 1.165) is 17.3 Å². The monoisotopic (exact) mass is 294 g/mol. The van der Waals surface area contributed by atoms with Crippen LogP contribution in [0.5, 0.6) is 0 Å². The van der Waals surface area contributed by atoms with Gasteiger partial charge in [0.25, 0.3) is 5.22 Å². The third kappa shape index (κ3) is 3.82. The summed E-state index contributed by atoms with van der Waals surface area (Å²) in [5.74, 6) is -0.656. The molecule has 0 aliphatic heterocycles. The fourth-order valence-corrected chi connectivity index (χ4v) is 2.12. The Hall–Kier alpha value is -1.86. The molecule has 106 valence electrons. The van der Waals surface area contributed by atoms with Crippen LogP contribution in [0.3, 0.4) is 0 Å². The van der Waals surface area contributed by atoms with Crippen molar-refractivity contribution in [3.63, 3.8) is 0 Å². The third-order valence-corrected chi connectivity index (χ3v) is 3.22. The van der Waals surface area contributed by atoms with Gasteiger partial charge < -0.3 is 14.4 Å². The average molecular weight is 294 g/mol. The van der Waals surface area contributed by atoms with Crippen molar-refractivity contribution in [1.29, 1.82) is 0 Å². The molecule has 2 rings (SSSR count). The summed E-state index contributed by atoms with van der Waals surface area (Å²) in [6.45, 7) is 2.39.